The van der Waals surface area contributed by atoms with E-state index in [0.29, 0.717) is 24.7 Å². The van der Waals surface area contributed by atoms with Crippen molar-refractivity contribution in [2.24, 2.45) is 0 Å². The second kappa shape index (κ2) is 8.21. The number of aryl methyl sites for hydroxylation is 2. The Morgan fingerprint density at radius 1 is 1.31 bits per heavy atom. The topological polar surface area (TPSA) is 73.2 Å². The molecule has 0 bridgehead atoms. The number of esters is 1. The van der Waals surface area contributed by atoms with Crippen molar-refractivity contribution in [2.75, 3.05) is 11.9 Å². The molecule has 1 aliphatic carbocycles. The fourth-order valence-electron chi connectivity index (χ4n) is 3.67. The standard InChI is InChI=1S/C22H23N3O3S/c1-3-13-25-20(26)18-16-7-5-6-8-17(16)29-19(18)24-22(25)23-15-11-9-14(10-12-15)21(27)28-4-2/h3,9-12H,1,4-8,13H2,2H3,(H,23,24). The van der Waals surface area contributed by atoms with Crippen LogP contribution in [-0.4, -0.2) is 22.1 Å². The Morgan fingerprint density at radius 2 is 2.07 bits per heavy atom. The molecule has 0 aliphatic heterocycles. The molecule has 2 aromatic heterocycles. The van der Waals surface area contributed by atoms with E-state index in [1.807, 2.05) is 0 Å². The van der Waals surface area contributed by atoms with Crippen molar-refractivity contribution in [1.82, 2.24) is 9.55 Å². The summed E-state index contributed by atoms with van der Waals surface area (Å²) in [6.07, 6.45) is 5.95. The number of hydrogen-bond acceptors (Lipinski definition) is 6. The molecule has 1 N–H and O–H groups in total. The van der Waals surface area contributed by atoms with Crippen molar-refractivity contribution in [3.05, 3.63) is 63.3 Å². The summed E-state index contributed by atoms with van der Waals surface area (Å²) in [5, 5.41) is 3.99. The molecule has 29 heavy (non-hydrogen) atoms. The maximum atomic E-state index is 13.3. The Labute approximate surface area is 172 Å². The first-order chi connectivity index (χ1) is 14.1. The molecule has 0 spiro atoms. The third kappa shape index (κ3) is 3.70. The Balaban J connectivity index is 1.73. The van der Waals surface area contributed by atoms with Gasteiger partial charge in [-0.2, -0.15) is 0 Å². The lowest BCUT2D eigenvalue weighted by Crippen LogP contribution is -2.24. The summed E-state index contributed by atoms with van der Waals surface area (Å²) < 4.78 is 6.64. The summed E-state index contributed by atoms with van der Waals surface area (Å²) in [4.78, 5) is 31.9. The summed E-state index contributed by atoms with van der Waals surface area (Å²) in [6, 6.07) is 6.94. The average molecular weight is 410 g/mol. The van der Waals surface area contributed by atoms with Crippen molar-refractivity contribution >= 4 is 39.2 Å². The maximum absolute atomic E-state index is 13.3. The molecule has 0 radical (unpaired) electrons. The quantitative estimate of drug-likeness (QED) is 0.481. The predicted octanol–water partition coefficient (Wildman–Crippen LogP) is 4.44. The van der Waals surface area contributed by atoms with Gasteiger partial charge in [0.25, 0.3) is 5.56 Å². The molecule has 1 aliphatic rings. The molecule has 3 aromatic rings. The molecule has 0 saturated carbocycles. The first kappa shape index (κ1) is 19.4. The lowest BCUT2D eigenvalue weighted by Gasteiger charge is -2.14. The van der Waals surface area contributed by atoms with Crippen molar-refractivity contribution in [3.63, 3.8) is 0 Å². The van der Waals surface area contributed by atoms with Gasteiger partial charge in [0.05, 0.1) is 17.6 Å². The molecule has 150 valence electrons. The van der Waals surface area contributed by atoms with E-state index in [9.17, 15) is 9.59 Å². The number of ether oxygens (including phenoxy) is 1. The molecular weight excluding hydrogens is 386 g/mol. The number of fused-ring (bicyclic) bond motifs is 3. The number of nitrogens with one attached hydrogen (secondary N) is 1. The highest BCUT2D eigenvalue weighted by Crippen LogP contribution is 2.34. The zero-order valence-corrected chi connectivity index (χ0v) is 17.2. The number of benzene rings is 1. The van der Waals surface area contributed by atoms with Crippen LogP contribution in [0.3, 0.4) is 0 Å². The van der Waals surface area contributed by atoms with Crippen LogP contribution in [0.4, 0.5) is 11.6 Å². The number of nitrogens with zero attached hydrogens (tertiary/aromatic N) is 2. The number of thiophene rings is 1. The van der Waals surface area contributed by atoms with Gasteiger partial charge in [0.15, 0.2) is 0 Å². The lowest BCUT2D eigenvalue weighted by molar-refractivity contribution is 0.0526. The van der Waals surface area contributed by atoms with Gasteiger partial charge in [-0.05, 0) is 62.4 Å². The van der Waals surface area contributed by atoms with Crippen LogP contribution in [0.1, 0.15) is 40.6 Å². The number of rotatable bonds is 6. The number of hydrogen-bond donors (Lipinski definition) is 1. The second-order valence-corrected chi connectivity index (χ2v) is 8.04. The molecule has 7 heteroatoms. The highest BCUT2D eigenvalue weighted by Gasteiger charge is 2.22. The first-order valence-electron chi connectivity index (χ1n) is 9.82. The average Bonchev–Trinajstić information content (AvgIpc) is 3.10. The summed E-state index contributed by atoms with van der Waals surface area (Å²) in [7, 11) is 0. The third-order valence-electron chi connectivity index (χ3n) is 5.04. The molecule has 0 unspecified atom stereocenters. The fraction of sp³-hybridized carbons (Fsp3) is 0.318. The molecule has 0 atom stereocenters. The van der Waals surface area contributed by atoms with E-state index in [1.165, 1.54) is 16.9 Å². The van der Waals surface area contributed by atoms with Crippen molar-refractivity contribution in [1.29, 1.82) is 0 Å². The van der Waals surface area contributed by atoms with Crippen LogP contribution in [-0.2, 0) is 24.1 Å². The monoisotopic (exact) mass is 409 g/mol. The molecule has 1 aromatic carbocycles. The van der Waals surface area contributed by atoms with Gasteiger partial charge in [-0.1, -0.05) is 6.08 Å². The van der Waals surface area contributed by atoms with Crippen molar-refractivity contribution in [2.45, 2.75) is 39.2 Å². The Kier molecular flexibility index (Phi) is 5.49. The Morgan fingerprint density at radius 3 is 2.79 bits per heavy atom. The van der Waals surface area contributed by atoms with Gasteiger partial charge >= 0.3 is 5.97 Å². The molecule has 2 heterocycles. The number of allylic oxidation sites excluding steroid dienone is 1. The molecule has 6 nitrogen and oxygen atoms in total. The molecule has 0 fully saturated rings. The third-order valence-corrected chi connectivity index (χ3v) is 6.22. The van der Waals surface area contributed by atoms with E-state index in [-0.39, 0.29) is 11.5 Å². The largest absolute Gasteiger partial charge is 0.462 e. The van der Waals surface area contributed by atoms with Crippen LogP contribution in [0.15, 0.2) is 41.7 Å². The fourth-order valence-corrected chi connectivity index (χ4v) is 4.92. The minimum atomic E-state index is -0.355. The van der Waals surface area contributed by atoms with Gasteiger partial charge in [-0.25, -0.2) is 9.78 Å². The normalized spacial score (nSPS) is 13.1. The van der Waals surface area contributed by atoms with Crippen LogP contribution >= 0.6 is 11.3 Å². The summed E-state index contributed by atoms with van der Waals surface area (Å²) in [5.74, 6) is 0.121. The number of carbonyl (C=O) groups excluding carboxylic acids is 1. The van der Waals surface area contributed by atoms with Gasteiger partial charge in [-0.15, -0.1) is 17.9 Å². The van der Waals surface area contributed by atoms with Crippen LogP contribution in [0, 0.1) is 0 Å². The Bertz CT molecular complexity index is 1130. The highest BCUT2D eigenvalue weighted by molar-refractivity contribution is 7.18. The van der Waals surface area contributed by atoms with E-state index in [1.54, 1.807) is 53.2 Å². The number of aromatic nitrogens is 2. The van der Waals surface area contributed by atoms with Crippen LogP contribution in [0.25, 0.3) is 10.2 Å². The van der Waals surface area contributed by atoms with Gasteiger partial charge in [0.2, 0.25) is 5.95 Å². The van der Waals surface area contributed by atoms with Crippen LogP contribution in [0.2, 0.25) is 0 Å². The van der Waals surface area contributed by atoms with Gasteiger partial charge in [0, 0.05) is 17.1 Å². The second-order valence-electron chi connectivity index (χ2n) is 6.95. The van der Waals surface area contributed by atoms with Crippen LogP contribution < -0.4 is 10.9 Å². The highest BCUT2D eigenvalue weighted by atomic mass is 32.1. The maximum Gasteiger partial charge on any atom is 0.338 e. The zero-order valence-electron chi connectivity index (χ0n) is 16.4. The van der Waals surface area contributed by atoms with E-state index >= 15 is 0 Å². The predicted molar refractivity (Wildman–Crippen MR) is 116 cm³/mol. The van der Waals surface area contributed by atoms with Crippen LogP contribution in [0.5, 0.6) is 0 Å². The Hall–Kier alpha value is -2.93. The summed E-state index contributed by atoms with van der Waals surface area (Å²) in [6.45, 7) is 6.26. The van der Waals surface area contributed by atoms with E-state index in [2.05, 4.69) is 11.9 Å². The van der Waals surface area contributed by atoms with Gasteiger partial charge in [-0.3, -0.25) is 9.36 Å². The van der Waals surface area contributed by atoms with E-state index in [0.717, 1.165) is 35.2 Å². The summed E-state index contributed by atoms with van der Waals surface area (Å²) in [5.41, 5.74) is 2.37. The minimum Gasteiger partial charge on any atom is -0.462 e. The minimum absolute atomic E-state index is 0.0278. The first-order valence-corrected chi connectivity index (χ1v) is 10.6. The molecule has 0 saturated heterocycles. The summed E-state index contributed by atoms with van der Waals surface area (Å²) >= 11 is 1.63. The molecular formula is C22H23N3O3S. The van der Waals surface area contributed by atoms with Gasteiger partial charge in [0.1, 0.15) is 4.83 Å². The molecule has 4 rings (SSSR count). The van der Waals surface area contributed by atoms with E-state index < -0.39 is 0 Å². The number of carbonyl (C=O) groups is 1. The zero-order chi connectivity index (χ0) is 20.4. The SMILES string of the molecule is C=CCn1c(Nc2ccc(C(=O)OCC)cc2)nc2sc3c(c2c1=O)CCCC3. The van der Waals surface area contributed by atoms with Crippen molar-refractivity contribution < 1.29 is 9.53 Å². The van der Waals surface area contributed by atoms with Crippen molar-refractivity contribution in [3.8, 4) is 0 Å². The molecule has 0 amide bonds. The van der Waals surface area contributed by atoms with E-state index in [4.69, 9.17) is 9.72 Å². The number of anilines is 2. The lowest BCUT2D eigenvalue weighted by atomic mass is 9.97. The smallest absolute Gasteiger partial charge is 0.338 e. The van der Waals surface area contributed by atoms with Gasteiger partial charge < -0.3 is 10.1 Å².